The second kappa shape index (κ2) is 5.34. The van der Waals surface area contributed by atoms with Crippen LogP contribution in [-0.4, -0.2) is 0 Å². The fourth-order valence-corrected chi connectivity index (χ4v) is 2.76. The Hall–Kier alpha value is -0.780. The molecule has 1 aromatic carbocycles. The molecule has 0 saturated carbocycles. The molecule has 0 radical (unpaired) electrons. The summed E-state index contributed by atoms with van der Waals surface area (Å²) in [5, 5.41) is 0. The van der Waals surface area contributed by atoms with Crippen molar-refractivity contribution >= 4 is 0 Å². The molecule has 1 aromatic rings. The van der Waals surface area contributed by atoms with E-state index in [0.29, 0.717) is 11.3 Å². The molecule has 1 rings (SSSR count). The van der Waals surface area contributed by atoms with Crippen molar-refractivity contribution in [3.8, 4) is 0 Å². The molecule has 0 aliphatic heterocycles. The predicted octanol–water partition coefficient (Wildman–Crippen LogP) is 5.01. The summed E-state index contributed by atoms with van der Waals surface area (Å²) in [5.74, 6) is 0.665. The minimum absolute atomic E-state index is 0.487. The van der Waals surface area contributed by atoms with E-state index in [9.17, 15) is 0 Å². The van der Waals surface area contributed by atoms with Crippen molar-refractivity contribution in [1.29, 1.82) is 0 Å². The quantitative estimate of drug-likeness (QED) is 0.632. The summed E-state index contributed by atoms with van der Waals surface area (Å²) in [4.78, 5) is 0. The average Bonchev–Trinajstić information content (AvgIpc) is 2.33. The van der Waals surface area contributed by atoms with Gasteiger partial charge in [-0.05, 0) is 36.2 Å². The van der Waals surface area contributed by atoms with Crippen molar-refractivity contribution < 1.29 is 0 Å². The van der Waals surface area contributed by atoms with E-state index in [-0.39, 0.29) is 0 Å². The van der Waals surface area contributed by atoms with Crippen LogP contribution in [0.15, 0.2) is 30.3 Å². The van der Waals surface area contributed by atoms with Gasteiger partial charge in [-0.25, -0.2) is 0 Å². The molecule has 1 atom stereocenters. The normalized spacial score (nSPS) is 13.9. The Balaban J connectivity index is 2.95. The summed E-state index contributed by atoms with van der Waals surface area (Å²) in [6.07, 6.45) is 3.82. The Morgan fingerprint density at radius 1 is 0.933 bits per heavy atom. The second-order valence-corrected chi connectivity index (χ2v) is 4.56. The molecule has 0 saturated heterocycles. The highest BCUT2D eigenvalue weighted by Crippen LogP contribution is 2.44. The molecule has 15 heavy (non-hydrogen) atoms. The Labute approximate surface area is 94.7 Å². The largest absolute Gasteiger partial charge is 0.0648 e. The van der Waals surface area contributed by atoms with E-state index in [1.807, 2.05) is 0 Å². The van der Waals surface area contributed by atoms with E-state index in [0.717, 1.165) is 0 Å². The molecule has 0 unspecified atom stereocenters. The fourth-order valence-electron chi connectivity index (χ4n) is 2.76. The lowest BCUT2D eigenvalue weighted by Gasteiger charge is -2.37. The molecule has 0 fully saturated rings. The summed E-state index contributed by atoms with van der Waals surface area (Å²) in [6.45, 7) is 9.36. The molecule has 0 heterocycles. The van der Waals surface area contributed by atoms with Crippen LogP contribution in [0, 0.1) is 5.41 Å². The Morgan fingerprint density at radius 2 is 1.40 bits per heavy atom. The van der Waals surface area contributed by atoms with E-state index in [4.69, 9.17) is 0 Å². The monoisotopic (exact) mass is 204 g/mol. The van der Waals surface area contributed by atoms with Crippen LogP contribution in [0.5, 0.6) is 0 Å². The zero-order valence-electron chi connectivity index (χ0n) is 10.6. The topological polar surface area (TPSA) is 0 Å². The van der Waals surface area contributed by atoms with Crippen molar-refractivity contribution in [1.82, 2.24) is 0 Å². The van der Waals surface area contributed by atoms with Gasteiger partial charge in [-0.3, -0.25) is 0 Å². The van der Waals surface area contributed by atoms with Crippen LogP contribution in [0.3, 0.4) is 0 Å². The Morgan fingerprint density at radius 3 is 1.80 bits per heavy atom. The van der Waals surface area contributed by atoms with E-state index in [1.165, 1.54) is 24.8 Å². The van der Waals surface area contributed by atoms with Gasteiger partial charge in [0.1, 0.15) is 0 Å². The molecular weight excluding hydrogens is 180 g/mol. The van der Waals surface area contributed by atoms with Gasteiger partial charge in [0, 0.05) is 0 Å². The third-order valence-electron chi connectivity index (χ3n) is 4.33. The summed E-state index contributed by atoms with van der Waals surface area (Å²) < 4.78 is 0. The lowest BCUT2D eigenvalue weighted by molar-refractivity contribution is 0.202. The Bertz CT molecular complexity index is 261. The van der Waals surface area contributed by atoms with Crippen LogP contribution < -0.4 is 0 Å². The molecule has 0 spiro atoms. The molecular formula is C15H24. The van der Waals surface area contributed by atoms with Gasteiger partial charge in [0.15, 0.2) is 0 Å². The van der Waals surface area contributed by atoms with Gasteiger partial charge in [-0.2, -0.15) is 0 Å². The van der Waals surface area contributed by atoms with Gasteiger partial charge in [0.05, 0.1) is 0 Å². The summed E-state index contributed by atoms with van der Waals surface area (Å²) >= 11 is 0. The van der Waals surface area contributed by atoms with Gasteiger partial charge >= 0.3 is 0 Å². The van der Waals surface area contributed by atoms with Crippen LogP contribution in [0.2, 0.25) is 0 Å². The van der Waals surface area contributed by atoms with Crippen molar-refractivity contribution in [3.05, 3.63) is 35.9 Å². The third kappa shape index (κ3) is 2.42. The van der Waals surface area contributed by atoms with Gasteiger partial charge in [-0.15, -0.1) is 0 Å². The maximum Gasteiger partial charge on any atom is -0.0134 e. The van der Waals surface area contributed by atoms with Gasteiger partial charge in [0.2, 0.25) is 0 Å². The summed E-state index contributed by atoms with van der Waals surface area (Å²) in [6, 6.07) is 10.9. The highest BCUT2D eigenvalue weighted by molar-refractivity contribution is 5.21. The van der Waals surface area contributed by atoms with Gasteiger partial charge < -0.3 is 0 Å². The molecule has 0 aromatic heterocycles. The Kier molecular flexibility index (Phi) is 4.38. The maximum atomic E-state index is 2.38. The first-order chi connectivity index (χ1) is 7.20. The highest BCUT2D eigenvalue weighted by Gasteiger charge is 2.31. The standard InChI is InChI=1S/C15H24/c1-5-15(6-2,7-3)13(4)14-11-9-8-10-12-14/h8-13H,5-7H2,1-4H3/t13-/m1/s1. The van der Waals surface area contributed by atoms with E-state index >= 15 is 0 Å². The average molecular weight is 204 g/mol. The lowest BCUT2D eigenvalue weighted by atomic mass is 9.68. The van der Waals surface area contributed by atoms with Crippen molar-refractivity contribution in [2.75, 3.05) is 0 Å². The van der Waals surface area contributed by atoms with Crippen LogP contribution in [-0.2, 0) is 0 Å². The molecule has 0 aliphatic carbocycles. The number of hydrogen-bond donors (Lipinski definition) is 0. The molecule has 0 aliphatic rings. The van der Waals surface area contributed by atoms with Crippen molar-refractivity contribution in [3.63, 3.8) is 0 Å². The smallest absolute Gasteiger partial charge is 0.0134 e. The van der Waals surface area contributed by atoms with Crippen molar-refractivity contribution in [2.45, 2.75) is 52.9 Å². The fraction of sp³-hybridized carbons (Fsp3) is 0.600. The SMILES string of the molecule is CCC(CC)(CC)[C@H](C)c1ccccc1. The molecule has 0 N–H and O–H groups in total. The van der Waals surface area contributed by atoms with Gasteiger partial charge in [0.25, 0.3) is 0 Å². The highest BCUT2D eigenvalue weighted by atomic mass is 14.4. The van der Waals surface area contributed by atoms with Gasteiger partial charge in [-0.1, -0.05) is 58.0 Å². The summed E-state index contributed by atoms with van der Waals surface area (Å²) in [7, 11) is 0. The molecule has 0 bridgehead atoms. The first-order valence-corrected chi connectivity index (χ1v) is 6.25. The third-order valence-corrected chi connectivity index (χ3v) is 4.33. The minimum Gasteiger partial charge on any atom is -0.0648 e. The van der Waals surface area contributed by atoms with Crippen LogP contribution in [0.4, 0.5) is 0 Å². The van der Waals surface area contributed by atoms with Crippen molar-refractivity contribution in [2.24, 2.45) is 5.41 Å². The minimum atomic E-state index is 0.487. The number of rotatable bonds is 5. The summed E-state index contributed by atoms with van der Waals surface area (Å²) in [5.41, 5.74) is 1.98. The van der Waals surface area contributed by atoms with E-state index in [2.05, 4.69) is 58.0 Å². The van der Waals surface area contributed by atoms with E-state index < -0.39 is 0 Å². The van der Waals surface area contributed by atoms with Crippen LogP contribution >= 0.6 is 0 Å². The first-order valence-electron chi connectivity index (χ1n) is 6.25. The molecule has 0 amide bonds. The molecule has 0 heteroatoms. The second-order valence-electron chi connectivity index (χ2n) is 4.56. The maximum absolute atomic E-state index is 2.38. The first kappa shape index (κ1) is 12.3. The van der Waals surface area contributed by atoms with Crippen LogP contribution in [0.25, 0.3) is 0 Å². The number of hydrogen-bond acceptors (Lipinski definition) is 0. The zero-order valence-corrected chi connectivity index (χ0v) is 10.6. The predicted molar refractivity (Wildman–Crippen MR) is 68.2 cm³/mol. The van der Waals surface area contributed by atoms with Crippen LogP contribution in [0.1, 0.15) is 58.4 Å². The lowest BCUT2D eigenvalue weighted by Crippen LogP contribution is -2.25. The zero-order chi connectivity index (χ0) is 11.3. The molecule has 84 valence electrons. The number of benzene rings is 1. The van der Waals surface area contributed by atoms with E-state index in [1.54, 1.807) is 0 Å². The molecule has 0 nitrogen and oxygen atoms in total.